The molecule has 0 aromatic heterocycles. The van der Waals surface area contributed by atoms with E-state index in [0.717, 1.165) is 22.4 Å². The maximum atomic E-state index is 12.2. The average molecular weight is 483 g/mol. The number of carbonyl (C=O) groups is 1. The first-order valence-corrected chi connectivity index (χ1v) is 12.1. The summed E-state index contributed by atoms with van der Waals surface area (Å²) in [6.45, 7) is 5.40. The number of nitrogens with one attached hydrogen (secondary N) is 1. The molecule has 6 nitrogen and oxygen atoms in total. The molecule has 4 aromatic rings. The highest BCUT2D eigenvalue weighted by Crippen LogP contribution is 2.30. The monoisotopic (exact) mass is 482 g/mol. The Balaban J connectivity index is 1.37. The largest absolute Gasteiger partial charge is 0.494 e. The van der Waals surface area contributed by atoms with Crippen LogP contribution in [0.2, 0.25) is 0 Å². The fraction of sp³-hybridized carbons (Fsp3) is 0.200. The summed E-state index contributed by atoms with van der Waals surface area (Å²) in [5.41, 5.74) is 5.36. The molecule has 0 aliphatic heterocycles. The Morgan fingerprint density at radius 1 is 0.833 bits per heavy atom. The van der Waals surface area contributed by atoms with Crippen molar-refractivity contribution in [3.05, 3.63) is 102 Å². The number of fused-ring (bicyclic) bond motifs is 1. The van der Waals surface area contributed by atoms with Crippen LogP contribution in [0.1, 0.15) is 30.5 Å². The maximum Gasteiger partial charge on any atom is 0.244 e. The predicted molar refractivity (Wildman–Crippen MR) is 143 cm³/mol. The van der Waals surface area contributed by atoms with Crippen LogP contribution < -0.4 is 19.6 Å². The molecule has 0 saturated heterocycles. The summed E-state index contributed by atoms with van der Waals surface area (Å²) in [5, 5.41) is 6.45. The number of benzene rings is 4. The molecular formula is C30H30N2O4. The van der Waals surface area contributed by atoms with Crippen LogP contribution in [-0.4, -0.2) is 25.3 Å². The van der Waals surface area contributed by atoms with Crippen molar-refractivity contribution in [3.63, 3.8) is 0 Å². The van der Waals surface area contributed by atoms with E-state index in [1.807, 2.05) is 74.5 Å². The number of ether oxygens (including phenoxy) is 3. The summed E-state index contributed by atoms with van der Waals surface area (Å²) >= 11 is 0. The van der Waals surface area contributed by atoms with Crippen LogP contribution in [0.25, 0.3) is 10.8 Å². The topological polar surface area (TPSA) is 69.2 Å². The smallest absolute Gasteiger partial charge is 0.244 e. The van der Waals surface area contributed by atoms with Gasteiger partial charge in [0.1, 0.15) is 12.4 Å². The van der Waals surface area contributed by atoms with Gasteiger partial charge < -0.3 is 14.2 Å². The number of hydrogen-bond donors (Lipinski definition) is 1. The zero-order valence-corrected chi connectivity index (χ0v) is 20.6. The minimum Gasteiger partial charge on any atom is -0.494 e. The van der Waals surface area contributed by atoms with Crippen LogP contribution in [0, 0.1) is 0 Å². The number of hydrazone groups is 1. The van der Waals surface area contributed by atoms with E-state index in [9.17, 15) is 4.79 Å². The van der Waals surface area contributed by atoms with Gasteiger partial charge in [0.25, 0.3) is 0 Å². The van der Waals surface area contributed by atoms with E-state index < -0.39 is 0 Å². The van der Waals surface area contributed by atoms with Crippen molar-refractivity contribution in [2.75, 3.05) is 13.2 Å². The Labute approximate surface area is 211 Å². The van der Waals surface area contributed by atoms with E-state index in [0.29, 0.717) is 31.3 Å². The number of hydrogen-bond acceptors (Lipinski definition) is 5. The van der Waals surface area contributed by atoms with E-state index in [1.54, 1.807) is 6.21 Å². The molecule has 4 aromatic carbocycles. The predicted octanol–water partition coefficient (Wildman–Crippen LogP) is 5.91. The van der Waals surface area contributed by atoms with E-state index in [4.69, 9.17) is 14.2 Å². The lowest BCUT2D eigenvalue weighted by Gasteiger charge is -2.13. The molecule has 0 heterocycles. The van der Waals surface area contributed by atoms with Gasteiger partial charge in [0.05, 0.1) is 25.8 Å². The molecule has 4 rings (SSSR count). The van der Waals surface area contributed by atoms with Crippen LogP contribution in [0.4, 0.5) is 0 Å². The quantitative estimate of drug-likeness (QED) is 0.213. The van der Waals surface area contributed by atoms with Gasteiger partial charge in [0, 0.05) is 0 Å². The summed E-state index contributed by atoms with van der Waals surface area (Å²) in [4.78, 5) is 12.2. The fourth-order valence-corrected chi connectivity index (χ4v) is 3.84. The minimum atomic E-state index is -0.199. The minimum absolute atomic E-state index is 0.199. The number of nitrogens with zero attached hydrogens (tertiary/aromatic N) is 1. The maximum absolute atomic E-state index is 12.2. The summed E-state index contributed by atoms with van der Waals surface area (Å²) in [6, 6.07) is 27.5. The second kappa shape index (κ2) is 12.4. The SMILES string of the molecule is CCOc1ccc(CC(=O)N/N=C/c2ccc(OCc3cccc4ccccc34)c(OCC)c2)cc1. The zero-order chi connectivity index (χ0) is 25.2. The number of rotatable bonds is 11. The third-order valence-corrected chi connectivity index (χ3v) is 5.53. The van der Waals surface area contributed by atoms with Gasteiger partial charge in [-0.1, -0.05) is 54.6 Å². The molecule has 1 N–H and O–H groups in total. The Kier molecular flexibility index (Phi) is 8.54. The van der Waals surface area contributed by atoms with Crippen LogP contribution in [0.3, 0.4) is 0 Å². The summed E-state index contributed by atoms with van der Waals surface area (Å²) in [5.74, 6) is 1.87. The van der Waals surface area contributed by atoms with Crippen molar-refractivity contribution < 1.29 is 19.0 Å². The normalized spacial score (nSPS) is 10.9. The van der Waals surface area contributed by atoms with Gasteiger partial charge in [0.15, 0.2) is 11.5 Å². The molecule has 0 spiro atoms. The first-order chi connectivity index (χ1) is 17.7. The Hall–Kier alpha value is -4.32. The molecular weight excluding hydrogens is 452 g/mol. The second-order valence-corrected chi connectivity index (χ2v) is 8.11. The van der Waals surface area contributed by atoms with Crippen molar-refractivity contribution in [3.8, 4) is 17.2 Å². The van der Waals surface area contributed by atoms with E-state index in [1.165, 1.54) is 10.8 Å². The van der Waals surface area contributed by atoms with Crippen molar-refractivity contribution >= 4 is 22.9 Å². The first kappa shape index (κ1) is 24.8. The first-order valence-electron chi connectivity index (χ1n) is 12.1. The molecule has 0 atom stereocenters. The molecule has 184 valence electrons. The van der Waals surface area contributed by atoms with Gasteiger partial charge >= 0.3 is 0 Å². The van der Waals surface area contributed by atoms with Crippen LogP contribution >= 0.6 is 0 Å². The van der Waals surface area contributed by atoms with E-state index >= 15 is 0 Å². The molecule has 1 amide bonds. The zero-order valence-electron chi connectivity index (χ0n) is 20.6. The fourth-order valence-electron chi connectivity index (χ4n) is 3.84. The lowest BCUT2D eigenvalue weighted by atomic mass is 10.1. The van der Waals surface area contributed by atoms with Crippen LogP contribution in [0.5, 0.6) is 17.2 Å². The third kappa shape index (κ3) is 6.63. The lowest BCUT2D eigenvalue weighted by molar-refractivity contribution is -0.120. The highest BCUT2D eigenvalue weighted by Gasteiger charge is 2.08. The van der Waals surface area contributed by atoms with Crippen molar-refractivity contribution in [2.45, 2.75) is 26.9 Å². The van der Waals surface area contributed by atoms with E-state index in [2.05, 4.69) is 34.8 Å². The summed E-state index contributed by atoms with van der Waals surface area (Å²) in [7, 11) is 0. The molecule has 0 fully saturated rings. The highest BCUT2D eigenvalue weighted by atomic mass is 16.5. The number of amides is 1. The summed E-state index contributed by atoms with van der Waals surface area (Å²) in [6.07, 6.45) is 1.82. The van der Waals surface area contributed by atoms with Crippen LogP contribution in [-0.2, 0) is 17.8 Å². The highest BCUT2D eigenvalue weighted by molar-refractivity contribution is 5.86. The molecule has 0 saturated carbocycles. The average Bonchev–Trinajstić information content (AvgIpc) is 2.90. The molecule has 6 heteroatoms. The van der Waals surface area contributed by atoms with Gasteiger partial charge in [-0.2, -0.15) is 5.10 Å². The van der Waals surface area contributed by atoms with Crippen molar-refractivity contribution in [1.82, 2.24) is 5.43 Å². The Morgan fingerprint density at radius 3 is 2.42 bits per heavy atom. The molecule has 0 unspecified atom stereocenters. The van der Waals surface area contributed by atoms with Gasteiger partial charge in [0.2, 0.25) is 5.91 Å². The molecule has 36 heavy (non-hydrogen) atoms. The van der Waals surface area contributed by atoms with Gasteiger partial charge in [-0.25, -0.2) is 5.43 Å². The van der Waals surface area contributed by atoms with Gasteiger partial charge in [-0.3, -0.25) is 4.79 Å². The van der Waals surface area contributed by atoms with Gasteiger partial charge in [-0.15, -0.1) is 0 Å². The van der Waals surface area contributed by atoms with Crippen LogP contribution in [0.15, 0.2) is 90.0 Å². The standard InChI is InChI=1S/C30H30N2O4/c1-3-34-26-15-12-22(13-16-26)19-30(33)32-31-20-23-14-17-28(29(18-23)35-4-2)36-21-25-10-7-9-24-8-5-6-11-27(24)25/h5-18,20H,3-4,19,21H2,1-2H3,(H,32,33)/b31-20+. The molecule has 0 bridgehead atoms. The Bertz CT molecular complexity index is 1330. The Morgan fingerprint density at radius 2 is 1.61 bits per heavy atom. The molecule has 0 radical (unpaired) electrons. The lowest BCUT2D eigenvalue weighted by Crippen LogP contribution is -2.19. The molecule has 0 aliphatic carbocycles. The van der Waals surface area contributed by atoms with E-state index in [-0.39, 0.29) is 12.3 Å². The van der Waals surface area contributed by atoms with Crippen molar-refractivity contribution in [1.29, 1.82) is 0 Å². The third-order valence-electron chi connectivity index (χ3n) is 5.53. The van der Waals surface area contributed by atoms with Crippen molar-refractivity contribution in [2.24, 2.45) is 5.10 Å². The second-order valence-electron chi connectivity index (χ2n) is 8.11. The molecule has 0 aliphatic rings. The summed E-state index contributed by atoms with van der Waals surface area (Å²) < 4.78 is 17.4. The van der Waals surface area contributed by atoms with Gasteiger partial charge in [-0.05, 0) is 71.6 Å². The number of carbonyl (C=O) groups excluding carboxylic acids is 1.